The van der Waals surface area contributed by atoms with Crippen LogP contribution in [0.3, 0.4) is 0 Å². The highest BCUT2D eigenvalue weighted by molar-refractivity contribution is 7.89. The summed E-state index contributed by atoms with van der Waals surface area (Å²) in [7, 11) is -3.79. The SMILES string of the molecule is Cc1ccc(OC[C@@H](C)NS(=O)(=O)c2ccc3c(c2)sc(=O)n3Cc2ccccc2Cl)cc1. The third kappa shape index (κ3) is 5.47. The van der Waals surface area contributed by atoms with Gasteiger partial charge in [0.1, 0.15) is 12.4 Å². The number of nitrogens with one attached hydrogen (secondary N) is 1. The predicted octanol–water partition coefficient (Wildman–Crippen LogP) is 4.82. The van der Waals surface area contributed by atoms with Crippen LogP contribution in [0.25, 0.3) is 10.2 Å². The average Bonchev–Trinajstić information content (AvgIpc) is 3.09. The van der Waals surface area contributed by atoms with Crippen molar-refractivity contribution in [2.45, 2.75) is 31.3 Å². The molecule has 0 aliphatic carbocycles. The minimum atomic E-state index is -3.79. The summed E-state index contributed by atoms with van der Waals surface area (Å²) in [5.41, 5.74) is 2.61. The van der Waals surface area contributed by atoms with E-state index in [1.54, 1.807) is 23.6 Å². The Balaban J connectivity index is 1.51. The second-order valence-electron chi connectivity index (χ2n) is 7.82. The van der Waals surface area contributed by atoms with Crippen LogP contribution in [0.1, 0.15) is 18.1 Å². The number of halogens is 1. The second kappa shape index (κ2) is 9.69. The molecule has 4 aromatic rings. The van der Waals surface area contributed by atoms with Gasteiger partial charge in [0.05, 0.1) is 27.7 Å². The number of benzene rings is 3. The number of hydrogen-bond acceptors (Lipinski definition) is 5. The summed E-state index contributed by atoms with van der Waals surface area (Å²) in [6.07, 6.45) is 0. The number of aromatic nitrogens is 1. The molecule has 33 heavy (non-hydrogen) atoms. The molecule has 0 saturated carbocycles. The van der Waals surface area contributed by atoms with Gasteiger partial charge in [-0.1, -0.05) is 58.8 Å². The van der Waals surface area contributed by atoms with E-state index in [1.165, 1.54) is 12.1 Å². The highest BCUT2D eigenvalue weighted by Crippen LogP contribution is 2.24. The summed E-state index contributed by atoms with van der Waals surface area (Å²) in [6, 6.07) is 19.1. The van der Waals surface area contributed by atoms with Crippen molar-refractivity contribution in [1.29, 1.82) is 0 Å². The molecule has 172 valence electrons. The predicted molar refractivity (Wildman–Crippen MR) is 133 cm³/mol. The summed E-state index contributed by atoms with van der Waals surface area (Å²) >= 11 is 7.25. The van der Waals surface area contributed by atoms with Gasteiger partial charge in [0.25, 0.3) is 0 Å². The number of rotatable bonds is 8. The first-order chi connectivity index (χ1) is 15.7. The van der Waals surface area contributed by atoms with Crippen LogP contribution in [0, 0.1) is 6.92 Å². The first-order valence-electron chi connectivity index (χ1n) is 10.3. The zero-order chi connectivity index (χ0) is 23.6. The van der Waals surface area contributed by atoms with Crippen LogP contribution in [0.5, 0.6) is 5.75 Å². The Morgan fingerprint density at radius 2 is 1.82 bits per heavy atom. The van der Waals surface area contributed by atoms with E-state index in [0.717, 1.165) is 22.5 Å². The highest BCUT2D eigenvalue weighted by atomic mass is 35.5. The molecule has 1 heterocycles. The Hall–Kier alpha value is -2.65. The second-order valence-corrected chi connectivity index (χ2v) is 10.9. The van der Waals surface area contributed by atoms with Crippen LogP contribution >= 0.6 is 22.9 Å². The van der Waals surface area contributed by atoms with Gasteiger partial charge in [-0.25, -0.2) is 13.1 Å². The van der Waals surface area contributed by atoms with Crippen LogP contribution in [0.4, 0.5) is 0 Å². The van der Waals surface area contributed by atoms with Crippen molar-refractivity contribution < 1.29 is 13.2 Å². The molecule has 0 radical (unpaired) electrons. The van der Waals surface area contributed by atoms with Gasteiger partial charge in [0, 0.05) is 5.02 Å². The van der Waals surface area contributed by atoms with Gasteiger partial charge in [-0.3, -0.25) is 9.36 Å². The molecule has 3 aromatic carbocycles. The number of fused-ring (bicyclic) bond motifs is 1. The van der Waals surface area contributed by atoms with E-state index < -0.39 is 16.1 Å². The standard InChI is InChI=1S/C24H23ClN2O4S2/c1-16-7-9-19(10-8-16)31-15-17(2)26-33(29,30)20-11-12-22-23(13-20)32-24(28)27(22)14-18-5-3-4-6-21(18)25/h3-13,17,26H,14-15H2,1-2H3/t17-/m1/s1. The van der Waals surface area contributed by atoms with Gasteiger partial charge < -0.3 is 4.74 Å². The molecule has 6 nitrogen and oxygen atoms in total. The third-order valence-electron chi connectivity index (χ3n) is 5.11. The maximum Gasteiger partial charge on any atom is 0.308 e. The Morgan fingerprint density at radius 3 is 2.55 bits per heavy atom. The lowest BCUT2D eigenvalue weighted by Gasteiger charge is -2.15. The van der Waals surface area contributed by atoms with Crippen molar-refractivity contribution in [2.75, 3.05) is 6.61 Å². The third-order valence-corrected chi connectivity index (χ3v) is 8.01. The average molecular weight is 503 g/mol. The largest absolute Gasteiger partial charge is 0.492 e. The Morgan fingerprint density at radius 1 is 1.09 bits per heavy atom. The molecule has 1 N–H and O–H groups in total. The number of nitrogens with zero attached hydrogens (tertiary/aromatic N) is 1. The lowest BCUT2D eigenvalue weighted by atomic mass is 10.2. The highest BCUT2D eigenvalue weighted by Gasteiger charge is 2.20. The molecule has 0 fully saturated rings. The molecule has 9 heteroatoms. The molecule has 0 saturated heterocycles. The van der Waals surface area contributed by atoms with E-state index in [1.807, 2.05) is 49.4 Å². The number of hydrogen-bond donors (Lipinski definition) is 1. The van der Waals surface area contributed by atoms with Gasteiger partial charge in [-0.05, 0) is 55.8 Å². The summed E-state index contributed by atoms with van der Waals surface area (Å²) in [4.78, 5) is 12.5. The molecule has 0 amide bonds. The van der Waals surface area contributed by atoms with Gasteiger partial charge in [0.2, 0.25) is 10.0 Å². The summed E-state index contributed by atoms with van der Waals surface area (Å²) < 4.78 is 36.3. The minimum Gasteiger partial charge on any atom is -0.492 e. The van der Waals surface area contributed by atoms with Gasteiger partial charge >= 0.3 is 4.87 Å². The monoisotopic (exact) mass is 502 g/mol. The van der Waals surface area contributed by atoms with Crippen LogP contribution in [-0.2, 0) is 16.6 Å². The number of thiazole rings is 1. The van der Waals surface area contributed by atoms with E-state index >= 15 is 0 Å². The molecule has 1 aromatic heterocycles. The van der Waals surface area contributed by atoms with E-state index in [-0.39, 0.29) is 16.4 Å². The first kappa shape index (κ1) is 23.5. The zero-order valence-electron chi connectivity index (χ0n) is 18.1. The molecule has 4 rings (SSSR count). The van der Waals surface area contributed by atoms with Crippen LogP contribution in [0.2, 0.25) is 5.02 Å². The smallest absolute Gasteiger partial charge is 0.308 e. The topological polar surface area (TPSA) is 77.4 Å². The fourth-order valence-electron chi connectivity index (χ4n) is 3.38. The van der Waals surface area contributed by atoms with Crippen LogP contribution in [-0.4, -0.2) is 25.6 Å². The molecule has 1 atom stereocenters. The minimum absolute atomic E-state index is 0.100. The fraction of sp³-hybridized carbons (Fsp3) is 0.208. The summed E-state index contributed by atoms with van der Waals surface area (Å²) in [6.45, 7) is 4.23. The molecular weight excluding hydrogens is 480 g/mol. The first-order valence-corrected chi connectivity index (χ1v) is 13.0. The van der Waals surface area contributed by atoms with Gasteiger partial charge in [0.15, 0.2) is 0 Å². The maximum absolute atomic E-state index is 12.9. The zero-order valence-corrected chi connectivity index (χ0v) is 20.5. The molecule has 0 spiro atoms. The number of ether oxygens (including phenoxy) is 1. The summed E-state index contributed by atoms with van der Waals surface area (Å²) in [5.74, 6) is 0.678. The molecular formula is C24H23ClN2O4S2. The van der Waals surface area contributed by atoms with E-state index in [2.05, 4.69) is 4.72 Å². The molecule has 0 unspecified atom stereocenters. The molecule has 0 aliphatic heterocycles. The normalized spacial score (nSPS) is 12.7. The van der Waals surface area contributed by atoms with E-state index in [4.69, 9.17) is 16.3 Å². The Labute approximate surface area is 201 Å². The van der Waals surface area contributed by atoms with Crippen molar-refractivity contribution in [3.05, 3.63) is 92.5 Å². The Bertz CT molecular complexity index is 1440. The fourth-order valence-corrected chi connectivity index (χ4v) is 5.84. The van der Waals surface area contributed by atoms with Crippen molar-refractivity contribution in [3.63, 3.8) is 0 Å². The van der Waals surface area contributed by atoms with E-state index in [0.29, 0.717) is 27.5 Å². The van der Waals surface area contributed by atoms with Crippen molar-refractivity contribution in [2.24, 2.45) is 0 Å². The van der Waals surface area contributed by atoms with Crippen LogP contribution < -0.4 is 14.3 Å². The summed E-state index contributed by atoms with van der Waals surface area (Å²) in [5, 5.41) is 0.578. The lowest BCUT2D eigenvalue weighted by Crippen LogP contribution is -2.36. The van der Waals surface area contributed by atoms with Gasteiger partial charge in [-0.15, -0.1) is 0 Å². The maximum atomic E-state index is 12.9. The van der Waals surface area contributed by atoms with Crippen LogP contribution in [0.15, 0.2) is 76.4 Å². The van der Waals surface area contributed by atoms with Crippen molar-refractivity contribution >= 4 is 43.2 Å². The molecule has 0 bridgehead atoms. The van der Waals surface area contributed by atoms with E-state index in [9.17, 15) is 13.2 Å². The quantitative estimate of drug-likeness (QED) is 0.375. The van der Waals surface area contributed by atoms with Crippen molar-refractivity contribution in [1.82, 2.24) is 9.29 Å². The van der Waals surface area contributed by atoms with Gasteiger partial charge in [-0.2, -0.15) is 0 Å². The number of sulfonamides is 1. The molecule has 0 aliphatic rings. The number of aryl methyl sites for hydroxylation is 1. The van der Waals surface area contributed by atoms with Crippen molar-refractivity contribution in [3.8, 4) is 5.75 Å². The Kier molecular flexibility index (Phi) is 6.90. The lowest BCUT2D eigenvalue weighted by molar-refractivity contribution is 0.287.